The Morgan fingerprint density at radius 2 is 1.52 bits per heavy atom. The van der Waals surface area contributed by atoms with Crippen molar-refractivity contribution in [2.45, 2.75) is 4.90 Å². The number of nitrogens with two attached hydrogens (primary N) is 1. The molecule has 5 N–H and O–H groups in total. The maximum Gasteiger partial charge on any atom is 0.316 e. The number of benzene rings is 2. The van der Waals surface area contributed by atoms with Crippen LogP contribution in [0.5, 0.6) is 0 Å². The van der Waals surface area contributed by atoms with Gasteiger partial charge < -0.3 is 16.2 Å². The van der Waals surface area contributed by atoms with Gasteiger partial charge in [0, 0.05) is 12.2 Å². The summed E-state index contributed by atoms with van der Waals surface area (Å²) in [7, 11) is -3.61. The van der Waals surface area contributed by atoms with Crippen LogP contribution in [0.15, 0.2) is 53.4 Å². The maximum atomic E-state index is 11.9. The zero-order valence-electron chi connectivity index (χ0n) is 12.2. The number of carbonyl (C=O) groups is 1. The van der Waals surface area contributed by atoms with Crippen molar-refractivity contribution in [3.8, 4) is 11.1 Å². The van der Waals surface area contributed by atoms with Crippen molar-refractivity contribution in [3.05, 3.63) is 48.5 Å². The average molecular weight is 335 g/mol. The third kappa shape index (κ3) is 4.52. The van der Waals surface area contributed by atoms with Crippen molar-refractivity contribution in [1.29, 1.82) is 0 Å². The Bertz CT molecular complexity index is 771. The van der Waals surface area contributed by atoms with Crippen LogP contribution in [0.3, 0.4) is 0 Å². The first kappa shape index (κ1) is 16.9. The summed E-state index contributed by atoms with van der Waals surface area (Å²) in [4.78, 5) is 10.9. The Kier molecular flexibility index (Phi) is 5.32. The van der Waals surface area contributed by atoms with Crippen LogP contribution in [0.1, 0.15) is 0 Å². The SMILES string of the molecule is NC(=O)Nc1ccc(-c2ccc(S(=O)(=O)NCCO)cc2)cc1. The van der Waals surface area contributed by atoms with Gasteiger partial charge in [0.2, 0.25) is 10.0 Å². The second-order valence-corrected chi connectivity index (χ2v) is 6.48. The number of urea groups is 1. The zero-order valence-corrected chi connectivity index (χ0v) is 13.0. The number of amides is 2. The predicted octanol–water partition coefficient (Wildman–Crippen LogP) is 1.11. The number of anilines is 1. The molecule has 0 aliphatic heterocycles. The molecule has 0 saturated carbocycles. The number of primary amides is 1. The lowest BCUT2D eigenvalue weighted by molar-refractivity contribution is 0.259. The van der Waals surface area contributed by atoms with E-state index < -0.39 is 16.1 Å². The highest BCUT2D eigenvalue weighted by Crippen LogP contribution is 2.23. The molecule has 8 heteroatoms. The summed E-state index contributed by atoms with van der Waals surface area (Å²) in [5, 5.41) is 11.1. The Labute approximate surface area is 134 Å². The van der Waals surface area contributed by atoms with E-state index in [0.29, 0.717) is 5.69 Å². The fraction of sp³-hybridized carbons (Fsp3) is 0.133. The first-order valence-electron chi connectivity index (χ1n) is 6.80. The number of carbonyl (C=O) groups excluding carboxylic acids is 1. The summed E-state index contributed by atoms with van der Waals surface area (Å²) in [6, 6.07) is 12.7. The standard InChI is InChI=1S/C15H17N3O4S/c16-15(20)18-13-5-1-11(2-6-13)12-3-7-14(8-4-12)23(21,22)17-9-10-19/h1-8,17,19H,9-10H2,(H3,16,18,20). The Morgan fingerprint density at radius 1 is 1.00 bits per heavy atom. The molecule has 2 aromatic carbocycles. The van der Waals surface area contributed by atoms with Gasteiger partial charge in [0.05, 0.1) is 11.5 Å². The molecule has 0 fully saturated rings. The molecule has 0 unspecified atom stereocenters. The van der Waals surface area contributed by atoms with E-state index in [9.17, 15) is 13.2 Å². The van der Waals surface area contributed by atoms with Gasteiger partial charge in [0.15, 0.2) is 0 Å². The van der Waals surface area contributed by atoms with Crippen molar-refractivity contribution in [2.75, 3.05) is 18.5 Å². The molecule has 0 spiro atoms. The van der Waals surface area contributed by atoms with Gasteiger partial charge in [0.1, 0.15) is 0 Å². The van der Waals surface area contributed by atoms with E-state index in [4.69, 9.17) is 10.8 Å². The van der Waals surface area contributed by atoms with Crippen molar-refractivity contribution in [1.82, 2.24) is 4.72 Å². The highest BCUT2D eigenvalue weighted by atomic mass is 32.2. The van der Waals surface area contributed by atoms with Crippen LogP contribution in [-0.4, -0.2) is 32.7 Å². The summed E-state index contributed by atoms with van der Waals surface area (Å²) in [5.74, 6) is 0. The second-order valence-electron chi connectivity index (χ2n) is 4.71. The van der Waals surface area contributed by atoms with Crippen LogP contribution in [-0.2, 0) is 10.0 Å². The molecule has 2 amide bonds. The summed E-state index contributed by atoms with van der Waals surface area (Å²) < 4.78 is 26.1. The van der Waals surface area contributed by atoms with E-state index in [1.54, 1.807) is 36.4 Å². The van der Waals surface area contributed by atoms with Crippen LogP contribution in [0.4, 0.5) is 10.5 Å². The normalized spacial score (nSPS) is 11.2. The number of hydrogen-bond acceptors (Lipinski definition) is 4. The van der Waals surface area contributed by atoms with Crippen molar-refractivity contribution in [2.24, 2.45) is 5.73 Å². The first-order valence-corrected chi connectivity index (χ1v) is 8.28. The van der Waals surface area contributed by atoms with E-state index in [0.717, 1.165) is 11.1 Å². The largest absolute Gasteiger partial charge is 0.395 e. The van der Waals surface area contributed by atoms with E-state index in [1.165, 1.54) is 12.1 Å². The predicted molar refractivity (Wildman–Crippen MR) is 87.4 cm³/mol. The van der Waals surface area contributed by atoms with Gasteiger partial charge >= 0.3 is 6.03 Å². The second kappa shape index (κ2) is 7.23. The molecule has 0 aliphatic carbocycles. The molecule has 2 aromatic rings. The number of aliphatic hydroxyl groups excluding tert-OH is 1. The van der Waals surface area contributed by atoms with Crippen LogP contribution in [0.2, 0.25) is 0 Å². The fourth-order valence-electron chi connectivity index (χ4n) is 1.98. The average Bonchev–Trinajstić information content (AvgIpc) is 2.53. The minimum absolute atomic E-state index is 0.0294. The minimum atomic E-state index is -3.61. The third-order valence-corrected chi connectivity index (χ3v) is 4.53. The molecule has 7 nitrogen and oxygen atoms in total. The molecule has 0 saturated heterocycles. The molecule has 0 radical (unpaired) electrons. The van der Waals surface area contributed by atoms with E-state index >= 15 is 0 Å². The number of rotatable bonds is 6. The Hall–Kier alpha value is -2.42. The number of nitrogens with one attached hydrogen (secondary N) is 2. The van der Waals surface area contributed by atoms with Gasteiger partial charge in [-0.3, -0.25) is 0 Å². The molecule has 122 valence electrons. The van der Waals surface area contributed by atoms with Gasteiger partial charge in [-0.15, -0.1) is 0 Å². The minimum Gasteiger partial charge on any atom is -0.395 e. The molecule has 0 bridgehead atoms. The molecular weight excluding hydrogens is 318 g/mol. The third-order valence-electron chi connectivity index (χ3n) is 3.05. The van der Waals surface area contributed by atoms with Crippen LogP contribution < -0.4 is 15.8 Å². The van der Waals surface area contributed by atoms with E-state index in [1.807, 2.05) is 0 Å². The lowest BCUT2D eigenvalue weighted by Crippen LogP contribution is -2.26. The molecule has 0 aromatic heterocycles. The molecule has 2 rings (SSSR count). The molecule has 0 aliphatic rings. The lowest BCUT2D eigenvalue weighted by atomic mass is 10.1. The lowest BCUT2D eigenvalue weighted by Gasteiger charge is -2.08. The van der Waals surface area contributed by atoms with E-state index in [-0.39, 0.29) is 18.0 Å². The fourth-order valence-corrected chi connectivity index (χ4v) is 3.00. The van der Waals surface area contributed by atoms with Crippen molar-refractivity contribution >= 4 is 21.7 Å². The summed E-state index contributed by atoms with van der Waals surface area (Å²) >= 11 is 0. The molecule has 0 atom stereocenters. The first-order chi connectivity index (χ1) is 10.9. The number of aliphatic hydroxyl groups is 1. The number of hydrogen-bond donors (Lipinski definition) is 4. The zero-order chi connectivity index (χ0) is 16.9. The van der Waals surface area contributed by atoms with Crippen LogP contribution >= 0.6 is 0 Å². The van der Waals surface area contributed by atoms with E-state index in [2.05, 4.69) is 10.0 Å². The maximum absolute atomic E-state index is 11.9. The van der Waals surface area contributed by atoms with Gasteiger partial charge in [-0.2, -0.15) is 0 Å². The van der Waals surface area contributed by atoms with Gasteiger partial charge in [-0.1, -0.05) is 24.3 Å². The number of sulfonamides is 1. The molecule has 0 heterocycles. The monoisotopic (exact) mass is 335 g/mol. The quantitative estimate of drug-likeness (QED) is 0.632. The summed E-state index contributed by atoms with van der Waals surface area (Å²) in [6.07, 6.45) is 0. The summed E-state index contributed by atoms with van der Waals surface area (Å²) in [5.41, 5.74) is 7.31. The molecular formula is C15H17N3O4S. The summed E-state index contributed by atoms with van der Waals surface area (Å²) in [6.45, 7) is -0.290. The van der Waals surface area contributed by atoms with Gasteiger partial charge in [-0.25, -0.2) is 17.9 Å². The highest BCUT2D eigenvalue weighted by molar-refractivity contribution is 7.89. The highest BCUT2D eigenvalue weighted by Gasteiger charge is 2.12. The van der Waals surface area contributed by atoms with Crippen LogP contribution in [0, 0.1) is 0 Å². The topological polar surface area (TPSA) is 122 Å². The Balaban J connectivity index is 2.17. The molecule has 23 heavy (non-hydrogen) atoms. The van der Waals surface area contributed by atoms with Crippen molar-refractivity contribution < 1.29 is 18.3 Å². The van der Waals surface area contributed by atoms with Gasteiger partial charge in [-0.05, 0) is 35.4 Å². The Morgan fingerprint density at radius 3 is 2.00 bits per heavy atom. The van der Waals surface area contributed by atoms with Crippen molar-refractivity contribution in [3.63, 3.8) is 0 Å². The smallest absolute Gasteiger partial charge is 0.316 e. The van der Waals surface area contributed by atoms with Gasteiger partial charge in [0.25, 0.3) is 0 Å². The van der Waals surface area contributed by atoms with Crippen LogP contribution in [0.25, 0.3) is 11.1 Å².